The Hall–Kier alpha value is -3.61. The number of esters is 1. The minimum absolute atomic E-state index is 0.162. The molecule has 1 aromatic heterocycles. The number of aromatic nitrogens is 2. The molecule has 0 aliphatic heterocycles. The van der Waals surface area contributed by atoms with Crippen LogP contribution < -0.4 is 10.1 Å². The summed E-state index contributed by atoms with van der Waals surface area (Å²) in [5.41, 5.74) is 2.44. The normalized spacial score (nSPS) is 10.3. The summed E-state index contributed by atoms with van der Waals surface area (Å²) in [6.07, 6.45) is 1.63. The predicted molar refractivity (Wildman–Crippen MR) is 99.1 cm³/mol. The van der Waals surface area contributed by atoms with Gasteiger partial charge in [0, 0.05) is 6.20 Å². The Balaban J connectivity index is 1.54. The van der Waals surface area contributed by atoms with Crippen molar-refractivity contribution < 1.29 is 19.1 Å². The number of hydrogen-bond donors (Lipinski definition) is 1. The van der Waals surface area contributed by atoms with Gasteiger partial charge in [0.15, 0.2) is 6.73 Å². The molecule has 0 unspecified atom stereocenters. The molecule has 3 rings (SSSR count). The molecule has 3 aromatic rings. The van der Waals surface area contributed by atoms with Crippen molar-refractivity contribution in [3.05, 3.63) is 72.6 Å². The van der Waals surface area contributed by atoms with Crippen LogP contribution in [-0.4, -0.2) is 35.3 Å². The van der Waals surface area contributed by atoms with Crippen molar-refractivity contribution in [3.63, 3.8) is 0 Å². The Kier molecular flexibility index (Phi) is 5.84. The summed E-state index contributed by atoms with van der Waals surface area (Å²) in [6, 6.07) is 19.4. The highest BCUT2D eigenvalue weighted by Crippen LogP contribution is 2.22. The number of ether oxygens (including phenoxy) is 2. The Morgan fingerprint density at radius 2 is 1.70 bits per heavy atom. The molecule has 27 heavy (non-hydrogen) atoms. The van der Waals surface area contributed by atoms with E-state index in [0.29, 0.717) is 5.75 Å². The number of benzene rings is 2. The van der Waals surface area contributed by atoms with Gasteiger partial charge in [0.25, 0.3) is 5.91 Å². The van der Waals surface area contributed by atoms with Gasteiger partial charge < -0.3 is 14.8 Å². The van der Waals surface area contributed by atoms with Crippen molar-refractivity contribution in [3.8, 4) is 16.9 Å². The predicted octanol–water partition coefficient (Wildman–Crippen LogP) is 2.49. The second-order valence-corrected chi connectivity index (χ2v) is 5.66. The molecule has 0 saturated heterocycles. The molecule has 1 N–H and O–H groups in total. The Morgan fingerprint density at radius 3 is 2.41 bits per heavy atom. The van der Waals surface area contributed by atoms with Gasteiger partial charge in [-0.1, -0.05) is 42.5 Å². The van der Waals surface area contributed by atoms with E-state index in [1.54, 1.807) is 12.3 Å². The van der Waals surface area contributed by atoms with Crippen LogP contribution in [0.25, 0.3) is 11.1 Å². The van der Waals surface area contributed by atoms with Crippen molar-refractivity contribution in [2.24, 2.45) is 0 Å². The molecular weight excluding hydrogens is 346 g/mol. The van der Waals surface area contributed by atoms with Gasteiger partial charge in [0.2, 0.25) is 0 Å². The van der Waals surface area contributed by atoms with Gasteiger partial charge >= 0.3 is 5.97 Å². The summed E-state index contributed by atoms with van der Waals surface area (Å²) < 4.78 is 11.7. The quantitative estimate of drug-likeness (QED) is 0.651. The molecule has 0 spiro atoms. The zero-order chi connectivity index (χ0) is 19.1. The van der Waals surface area contributed by atoms with Crippen molar-refractivity contribution in [1.29, 1.82) is 0 Å². The Morgan fingerprint density at radius 1 is 1.00 bits per heavy atom. The van der Waals surface area contributed by atoms with E-state index in [1.807, 2.05) is 54.6 Å². The maximum absolute atomic E-state index is 11.9. The monoisotopic (exact) mass is 365 g/mol. The van der Waals surface area contributed by atoms with Crippen LogP contribution in [0.5, 0.6) is 5.75 Å². The van der Waals surface area contributed by atoms with Crippen LogP contribution >= 0.6 is 0 Å². The number of nitrogens with one attached hydrogen (secondary N) is 1. The summed E-state index contributed by atoms with van der Waals surface area (Å²) in [5.74, 6) is -0.279. The van der Waals surface area contributed by atoms with Crippen LogP contribution in [0.4, 0.5) is 0 Å². The van der Waals surface area contributed by atoms with Gasteiger partial charge in [-0.3, -0.25) is 9.59 Å². The van der Waals surface area contributed by atoms with Gasteiger partial charge in [0.1, 0.15) is 18.0 Å². The van der Waals surface area contributed by atoms with Crippen LogP contribution in [0.1, 0.15) is 10.5 Å². The van der Waals surface area contributed by atoms with Gasteiger partial charge in [-0.15, -0.1) is 0 Å². The topological polar surface area (TPSA) is 82.5 Å². The first kappa shape index (κ1) is 18.2. The highest BCUT2D eigenvalue weighted by molar-refractivity contribution is 5.94. The molecule has 0 fully saturated rings. The summed E-state index contributed by atoms with van der Waals surface area (Å²) in [5, 5.41) is 6.55. The van der Waals surface area contributed by atoms with E-state index in [0.717, 1.165) is 11.1 Å². The van der Waals surface area contributed by atoms with Crippen molar-refractivity contribution in [2.45, 2.75) is 6.73 Å². The van der Waals surface area contributed by atoms with E-state index in [9.17, 15) is 9.59 Å². The minimum atomic E-state index is -0.523. The molecule has 0 aliphatic carbocycles. The smallest absolute Gasteiger partial charge is 0.325 e. The molecule has 7 heteroatoms. The lowest BCUT2D eigenvalue weighted by molar-refractivity contribution is -0.139. The molecule has 2 aromatic carbocycles. The van der Waals surface area contributed by atoms with Crippen LogP contribution in [0.2, 0.25) is 0 Å². The fourth-order valence-corrected chi connectivity index (χ4v) is 2.38. The third-order valence-electron chi connectivity index (χ3n) is 3.82. The number of carbonyl (C=O) groups excluding carboxylic acids is 2. The SMILES string of the molecule is COC(=O)CNC(=O)c1ccn(COc2ccc(-c3ccccc3)cc2)n1. The molecule has 7 nitrogen and oxygen atoms in total. The van der Waals surface area contributed by atoms with Crippen LogP contribution in [0, 0.1) is 0 Å². The summed E-state index contributed by atoms with van der Waals surface area (Å²) in [6.45, 7) is -0.0403. The zero-order valence-corrected chi connectivity index (χ0v) is 14.8. The van der Waals surface area contributed by atoms with E-state index < -0.39 is 11.9 Å². The highest BCUT2D eigenvalue weighted by atomic mass is 16.5. The van der Waals surface area contributed by atoms with Gasteiger partial charge in [-0.05, 0) is 29.3 Å². The Labute approximate surface area is 156 Å². The maximum atomic E-state index is 11.9. The molecule has 1 amide bonds. The van der Waals surface area contributed by atoms with Crippen LogP contribution in [0.15, 0.2) is 66.9 Å². The molecule has 0 bridgehead atoms. The van der Waals surface area contributed by atoms with Crippen LogP contribution in [0.3, 0.4) is 0 Å². The molecule has 0 radical (unpaired) electrons. The average molecular weight is 365 g/mol. The molecule has 0 aliphatic rings. The van der Waals surface area contributed by atoms with E-state index in [1.165, 1.54) is 11.8 Å². The van der Waals surface area contributed by atoms with Crippen LogP contribution in [-0.2, 0) is 16.3 Å². The Bertz CT molecular complexity index is 904. The number of amides is 1. The third-order valence-corrected chi connectivity index (χ3v) is 3.82. The summed E-state index contributed by atoms with van der Waals surface area (Å²) in [4.78, 5) is 22.9. The zero-order valence-electron chi connectivity index (χ0n) is 14.8. The summed E-state index contributed by atoms with van der Waals surface area (Å²) in [7, 11) is 1.26. The number of methoxy groups -OCH3 is 1. The number of carbonyl (C=O) groups is 2. The van der Waals surface area contributed by atoms with Crippen molar-refractivity contribution >= 4 is 11.9 Å². The molecule has 138 valence electrons. The highest BCUT2D eigenvalue weighted by Gasteiger charge is 2.11. The fraction of sp³-hybridized carbons (Fsp3) is 0.150. The molecule has 0 atom stereocenters. The van der Waals surface area contributed by atoms with Gasteiger partial charge in [0.05, 0.1) is 7.11 Å². The van der Waals surface area contributed by atoms with Gasteiger partial charge in [-0.25, -0.2) is 4.68 Å². The molecule has 0 saturated carbocycles. The van der Waals surface area contributed by atoms with E-state index in [2.05, 4.69) is 15.2 Å². The lowest BCUT2D eigenvalue weighted by atomic mass is 10.1. The lowest BCUT2D eigenvalue weighted by Gasteiger charge is -2.07. The first-order valence-corrected chi connectivity index (χ1v) is 8.32. The van der Waals surface area contributed by atoms with E-state index in [-0.39, 0.29) is 19.0 Å². The molecule has 1 heterocycles. The first-order valence-electron chi connectivity index (χ1n) is 8.32. The molecular formula is C20H19N3O4. The fourth-order valence-electron chi connectivity index (χ4n) is 2.38. The maximum Gasteiger partial charge on any atom is 0.325 e. The van der Waals surface area contributed by atoms with Crippen molar-refractivity contribution in [2.75, 3.05) is 13.7 Å². The van der Waals surface area contributed by atoms with Gasteiger partial charge in [-0.2, -0.15) is 5.10 Å². The third kappa shape index (κ3) is 4.94. The number of nitrogens with zero attached hydrogens (tertiary/aromatic N) is 2. The van der Waals surface area contributed by atoms with E-state index >= 15 is 0 Å². The van der Waals surface area contributed by atoms with E-state index in [4.69, 9.17) is 4.74 Å². The first-order chi connectivity index (χ1) is 13.2. The number of hydrogen-bond acceptors (Lipinski definition) is 5. The second-order valence-electron chi connectivity index (χ2n) is 5.66. The second kappa shape index (κ2) is 8.66. The average Bonchev–Trinajstić information content (AvgIpc) is 3.20. The van der Waals surface area contributed by atoms with Crippen molar-refractivity contribution in [1.82, 2.24) is 15.1 Å². The number of rotatable bonds is 7. The standard InChI is InChI=1S/C20H19N3O4/c1-26-19(24)13-21-20(25)18-11-12-23(22-18)14-27-17-9-7-16(8-10-17)15-5-3-2-4-6-15/h2-12H,13-14H2,1H3,(H,21,25). The lowest BCUT2D eigenvalue weighted by Crippen LogP contribution is -2.30. The largest absolute Gasteiger partial charge is 0.471 e. The minimum Gasteiger partial charge on any atom is -0.471 e. The summed E-state index contributed by atoms with van der Waals surface area (Å²) >= 11 is 0.